The zero-order chi connectivity index (χ0) is 22.5. The number of nitrogens with one attached hydrogen (secondary N) is 1. The van der Waals surface area contributed by atoms with E-state index in [-0.39, 0.29) is 11.4 Å². The molecule has 0 unspecified atom stereocenters. The number of hydrogen-bond donors (Lipinski definition) is 1. The molecule has 1 aromatic heterocycles. The molecule has 31 heavy (non-hydrogen) atoms. The molecule has 160 valence electrons. The van der Waals surface area contributed by atoms with Gasteiger partial charge in [0.25, 0.3) is 11.6 Å². The number of nitro benzene ring substituents is 1. The van der Waals surface area contributed by atoms with Crippen LogP contribution in [0, 0.1) is 24.0 Å². The molecule has 2 aromatic carbocycles. The van der Waals surface area contributed by atoms with Gasteiger partial charge in [-0.1, -0.05) is 42.5 Å². The standard InChI is InChI=1S/C23H23N3O5/c1-15-13-19(16(2)25(15)14-18-9-5-4-6-10-18)23(28)31-17(3)22(27)24-20-11-7-8-12-21(20)26(29)30/h4-13,17H,14H2,1-3H3,(H,24,27)/t17-/m0/s1. The van der Waals surface area contributed by atoms with Crippen molar-refractivity contribution in [2.45, 2.75) is 33.4 Å². The van der Waals surface area contributed by atoms with E-state index < -0.39 is 22.9 Å². The van der Waals surface area contributed by atoms with Gasteiger partial charge in [-0.2, -0.15) is 0 Å². The Labute approximate surface area is 179 Å². The molecule has 0 saturated carbocycles. The van der Waals surface area contributed by atoms with Crippen molar-refractivity contribution in [3.05, 3.63) is 93.3 Å². The van der Waals surface area contributed by atoms with Crippen LogP contribution in [0.5, 0.6) is 0 Å². The molecule has 0 aliphatic rings. The van der Waals surface area contributed by atoms with E-state index in [4.69, 9.17) is 4.74 Å². The number of rotatable bonds is 7. The molecular formula is C23H23N3O5. The number of benzene rings is 2. The van der Waals surface area contributed by atoms with Gasteiger partial charge in [-0.05, 0) is 38.5 Å². The van der Waals surface area contributed by atoms with Gasteiger partial charge in [-0.25, -0.2) is 4.79 Å². The Morgan fingerprint density at radius 3 is 2.42 bits per heavy atom. The van der Waals surface area contributed by atoms with Crippen molar-refractivity contribution in [1.82, 2.24) is 4.57 Å². The summed E-state index contributed by atoms with van der Waals surface area (Å²) in [5.41, 5.74) is 2.91. The van der Waals surface area contributed by atoms with E-state index in [2.05, 4.69) is 5.32 Å². The molecule has 1 heterocycles. The fourth-order valence-electron chi connectivity index (χ4n) is 3.27. The quantitative estimate of drug-likeness (QED) is 0.349. The fourth-order valence-corrected chi connectivity index (χ4v) is 3.27. The first kappa shape index (κ1) is 21.8. The first-order valence-corrected chi connectivity index (χ1v) is 9.74. The second kappa shape index (κ2) is 9.25. The number of para-hydroxylation sites is 2. The van der Waals surface area contributed by atoms with E-state index in [9.17, 15) is 19.7 Å². The molecule has 3 rings (SSSR count). The van der Waals surface area contributed by atoms with Crippen molar-refractivity contribution < 1.29 is 19.2 Å². The van der Waals surface area contributed by atoms with Crippen LogP contribution < -0.4 is 5.32 Å². The molecule has 0 bridgehead atoms. The average Bonchev–Trinajstić information content (AvgIpc) is 3.03. The van der Waals surface area contributed by atoms with E-state index in [1.54, 1.807) is 12.1 Å². The van der Waals surface area contributed by atoms with Gasteiger partial charge >= 0.3 is 5.97 Å². The highest BCUT2D eigenvalue weighted by molar-refractivity contribution is 5.99. The van der Waals surface area contributed by atoms with E-state index >= 15 is 0 Å². The Morgan fingerprint density at radius 1 is 1.10 bits per heavy atom. The first-order valence-electron chi connectivity index (χ1n) is 9.74. The van der Waals surface area contributed by atoms with Crippen LogP contribution in [0.3, 0.4) is 0 Å². The molecule has 0 aliphatic heterocycles. The number of nitro groups is 1. The third-order valence-electron chi connectivity index (χ3n) is 4.99. The Bertz CT molecular complexity index is 1120. The summed E-state index contributed by atoms with van der Waals surface area (Å²) in [7, 11) is 0. The number of aromatic nitrogens is 1. The zero-order valence-corrected chi connectivity index (χ0v) is 17.5. The lowest BCUT2D eigenvalue weighted by Crippen LogP contribution is -2.30. The monoisotopic (exact) mass is 421 g/mol. The fraction of sp³-hybridized carbons (Fsp3) is 0.217. The zero-order valence-electron chi connectivity index (χ0n) is 17.5. The van der Waals surface area contributed by atoms with E-state index in [1.165, 1.54) is 25.1 Å². The van der Waals surface area contributed by atoms with Crippen molar-refractivity contribution in [2.24, 2.45) is 0 Å². The molecule has 0 aliphatic carbocycles. The molecule has 8 heteroatoms. The van der Waals surface area contributed by atoms with Gasteiger partial charge in [-0.3, -0.25) is 14.9 Å². The third kappa shape index (κ3) is 4.98. The number of carbonyl (C=O) groups excluding carboxylic acids is 2. The van der Waals surface area contributed by atoms with E-state index in [0.29, 0.717) is 12.1 Å². The molecular weight excluding hydrogens is 398 g/mol. The second-order valence-electron chi connectivity index (χ2n) is 7.17. The molecule has 0 fully saturated rings. The molecule has 0 radical (unpaired) electrons. The van der Waals surface area contributed by atoms with Crippen molar-refractivity contribution >= 4 is 23.3 Å². The Kier molecular flexibility index (Phi) is 6.49. The van der Waals surface area contributed by atoms with Gasteiger partial charge in [0.2, 0.25) is 0 Å². The van der Waals surface area contributed by atoms with Gasteiger partial charge in [0.1, 0.15) is 5.69 Å². The number of hydrogen-bond acceptors (Lipinski definition) is 5. The largest absolute Gasteiger partial charge is 0.449 e. The van der Waals surface area contributed by atoms with E-state index in [0.717, 1.165) is 17.0 Å². The van der Waals surface area contributed by atoms with Crippen molar-refractivity contribution in [1.29, 1.82) is 0 Å². The van der Waals surface area contributed by atoms with Gasteiger partial charge in [-0.15, -0.1) is 0 Å². The van der Waals surface area contributed by atoms with Gasteiger partial charge < -0.3 is 14.6 Å². The molecule has 1 atom stereocenters. The lowest BCUT2D eigenvalue weighted by atomic mass is 10.2. The number of amides is 1. The summed E-state index contributed by atoms with van der Waals surface area (Å²) in [6.07, 6.45) is -1.13. The highest BCUT2D eigenvalue weighted by Gasteiger charge is 2.24. The lowest BCUT2D eigenvalue weighted by molar-refractivity contribution is -0.383. The predicted molar refractivity (Wildman–Crippen MR) is 116 cm³/mol. The van der Waals surface area contributed by atoms with Gasteiger partial charge in [0, 0.05) is 24.0 Å². The topological polar surface area (TPSA) is 103 Å². The summed E-state index contributed by atoms with van der Waals surface area (Å²) in [5.74, 6) is -1.28. The second-order valence-corrected chi connectivity index (χ2v) is 7.17. The first-order chi connectivity index (χ1) is 14.8. The van der Waals surface area contributed by atoms with E-state index in [1.807, 2.05) is 48.7 Å². The smallest absolute Gasteiger partial charge is 0.340 e. The van der Waals surface area contributed by atoms with Crippen LogP contribution in [0.15, 0.2) is 60.7 Å². The summed E-state index contributed by atoms with van der Waals surface area (Å²) in [5, 5.41) is 13.6. The number of esters is 1. The maximum absolute atomic E-state index is 12.7. The van der Waals surface area contributed by atoms with Crippen LogP contribution >= 0.6 is 0 Å². The number of carbonyl (C=O) groups is 2. The molecule has 8 nitrogen and oxygen atoms in total. The van der Waals surface area contributed by atoms with Crippen LogP contribution in [0.25, 0.3) is 0 Å². The number of aryl methyl sites for hydroxylation is 1. The Morgan fingerprint density at radius 2 is 1.74 bits per heavy atom. The highest BCUT2D eigenvalue weighted by atomic mass is 16.6. The number of ether oxygens (including phenoxy) is 1. The summed E-state index contributed by atoms with van der Waals surface area (Å²) < 4.78 is 7.34. The van der Waals surface area contributed by atoms with Crippen LogP contribution in [0.4, 0.5) is 11.4 Å². The van der Waals surface area contributed by atoms with Crippen molar-refractivity contribution in [3.8, 4) is 0 Å². The van der Waals surface area contributed by atoms with Crippen molar-refractivity contribution in [2.75, 3.05) is 5.32 Å². The van der Waals surface area contributed by atoms with Gasteiger partial charge in [0.05, 0.1) is 10.5 Å². The van der Waals surface area contributed by atoms with Crippen LogP contribution in [-0.4, -0.2) is 27.5 Å². The minimum Gasteiger partial charge on any atom is -0.449 e. The number of nitrogens with zero attached hydrogens (tertiary/aromatic N) is 2. The minimum absolute atomic E-state index is 0.0430. The normalized spacial score (nSPS) is 11.6. The molecule has 0 saturated heterocycles. The maximum Gasteiger partial charge on any atom is 0.340 e. The molecule has 1 amide bonds. The van der Waals surface area contributed by atoms with Crippen LogP contribution in [-0.2, 0) is 16.1 Å². The molecule has 3 aromatic rings. The summed E-state index contributed by atoms with van der Waals surface area (Å²) in [6, 6.07) is 17.4. The lowest BCUT2D eigenvalue weighted by Gasteiger charge is -2.14. The average molecular weight is 421 g/mol. The predicted octanol–water partition coefficient (Wildman–Crippen LogP) is 4.25. The SMILES string of the molecule is Cc1cc(C(=O)O[C@@H](C)C(=O)Nc2ccccc2[N+](=O)[O-])c(C)n1Cc1ccccc1. The molecule has 1 N–H and O–H groups in total. The Balaban J connectivity index is 1.71. The van der Waals surface area contributed by atoms with Gasteiger partial charge in [0.15, 0.2) is 6.10 Å². The third-order valence-corrected chi connectivity index (χ3v) is 4.99. The Hall–Kier alpha value is -3.94. The summed E-state index contributed by atoms with van der Waals surface area (Å²) in [4.78, 5) is 35.7. The number of anilines is 1. The minimum atomic E-state index is -1.13. The van der Waals surface area contributed by atoms with Crippen LogP contribution in [0.1, 0.15) is 34.2 Å². The van der Waals surface area contributed by atoms with Crippen LogP contribution in [0.2, 0.25) is 0 Å². The molecule has 0 spiro atoms. The summed E-state index contributed by atoms with van der Waals surface area (Å²) >= 11 is 0. The summed E-state index contributed by atoms with van der Waals surface area (Å²) in [6.45, 7) is 5.76. The highest BCUT2D eigenvalue weighted by Crippen LogP contribution is 2.24. The van der Waals surface area contributed by atoms with Crippen molar-refractivity contribution in [3.63, 3.8) is 0 Å². The maximum atomic E-state index is 12.7.